The quantitative estimate of drug-likeness (QED) is 0.397. The SMILES string of the molecule is CCC[N+]1(CCCc2ccc(N)c(C)c2)CCN(CCNc2ccc(N)c(C)c2)CC1. The van der Waals surface area contributed by atoms with Crippen LogP contribution in [0.4, 0.5) is 17.1 Å². The summed E-state index contributed by atoms with van der Waals surface area (Å²) in [5.41, 5.74) is 18.6. The number of hydrogen-bond donors (Lipinski definition) is 3. The van der Waals surface area contributed by atoms with Gasteiger partial charge in [-0.25, -0.2) is 0 Å². The summed E-state index contributed by atoms with van der Waals surface area (Å²) in [5.74, 6) is 0. The van der Waals surface area contributed by atoms with Crippen molar-refractivity contribution in [3.8, 4) is 0 Å². The Morgan fingerprint density at radius 2 is 1.61 bits per heavy atom. The molecular weight excluding hydrogens is 382 g/mol. The third-order valence-corrected chi connectivity index (χ3v) is 6.94. The number of anilines is 3. The Morgan fingerprint density at radius 3 is 2.26 bits per heavy atom. The van der Waals surface area contributed by atoms with Crippen molar-refractivity contribution in [3.63, 3.8) is 0 Å². The molecule has 0 atom stereocenters. The van der Waals surface area contributed by atoms with Crippen LogP contribution in [0.15, 0.2) is 36.4 Å². The van der Waals surface area contributed by atoms with E-state index >= 15 is 0 Å². The zero-order valence-corrected chi connectivity index (χ0v) is 19.8. The van der Waals surface area contributed by atoms with Crippen LogP contribution >= 0.6 is 0 Å². The van der Waals surface area contributed by atoms with Gasteiger partial charge in [0, 0.05) is 49.7 Å². The van der Waals surface area contributed by atoms with Crippen LogP contribution in [0.2, 0.25) is 0 Å². The van der Waals surface area contributed by atoms with E-state index in [9.17, 15) is 0 Å². The van der Waals surface area contributed by atoms with Gasteiger partial charge in [-0.3, -0.25) is 4.90 Å². The van der Waals surface area contributed by atoms with E-state index in [0.717, 1.165) is 42.1 Å². The van der Waals surface area contributed by atoms with Gasteiger partial charge in [0.1, 0.15) is 0 Å². The van der Waals surface area contributed by atoms with E-state index < -0.39 is 0 Å². The Labute approximate surface area is 189 Å². The number of hydrogen-bond acceptors (Lipinski definition) is 4. The van der Waals surface area contributed by atoms with E-state index in [4.69, 9.17) is 11.5 Å². The standard InChI is InChI=1S/C26H42N5/c1-4-15-31(16-5-6-23-7-9-25(27)21(2)19-23)17-13-30(14-18-31)12-11-29-24-8-10-26(28)22(3)20-24/h7-10,19-20,29H,4-6,11-18,27-28H2,1-3H3/q+1. The fourth-order valence-corrected chi connectivity index (χ4v) is 4.84. The maximum Gasteiger partial charge on any atom is 0.0916 e. The fraction of sp³-hybridized carbons (Fsp3) is 0.538. The molecule has 0 aliphatic carbocycles. The van der Waals surface area contributed by atoms with Crippen LogP contribution in [-0.2, 0) is 6.42 Å². The number of rotatable bonds is 10. The molecule has 31 heavy (non-hydrogen) atoms. The van der Waals surface area contributed by atoms with Crippen LogP contribution in [0.5, 0.6) is 0 Å². The molecule has 5 nitrogen and oxygen atoms in total. The van der Waals surface area contributed by atoms with Crippen LogP contribution in [0, 0.1) is 13.8 Å². The number of quaternary nitrogens is 1. The monoisotopic (exact) mass is 424 g/mol. The maximum absolute atomic E-state index is 5.97. The van der Waals surface area contributed by atoms with Crippen LogP contribution in [-0.4, -0.2) is 61.7 Å². The molecule has 0 bridgehead atoms. The number of nitrogens with zero attached hydrogens (tertiary/aromatic N) is 2. The molecule has 1 fully saturated rings. The number of piperazine rings is 1. The first-order chi connectivity index (χ1) is 14.9. The summed E-state index contributed by atoms with van der Waals surface area (Å²) in [7, 11) is 0. The highest BCUT2D eigenvalue weighted by Crippen LogP contribution is 2.19. The minimum absolute atomic E-state index is 0.859. The summed E-state index contributed by atoms with van der Waals surface area (Å²) in [5, 5.41) is 3.56. The lowest BCUT2D eigenvalue weighted by Crippen LogP contribution is -2.60. The molecule has 1 aliphatic rings. The average Bonchev–Trinajstić information content (AvgIpc) is 2.75. The van der Waals surface area contributed by atoms with Crippen molar-refractivity contribution in [2.24, 2.45) is 0 Å². The van der Waals surface area contributed by atoms with Crippen molar-refractivity contribution in [2.45, 2.75) is 40.0 Å². The Bertz CT molecular complexity index is 840. The molecular formula is C26H42N5+. The highest BCUT2D eigenvalue weighted by Gasteiger charge is 2.31. The van der Waals surface area contributed by atoms with Gasteiger partial charge >= 0.3 is 0 Å². The predicted octanol–water partition coefficient (Wildman–Crippen LogP) is 4.05. The smallest absolute Gasteiger partial charge is 0.0916 e. The van der Waals surface area contributed by atoms with Crippen molar-refractivity contribution >= 4 is 17.1 Å². The molecule has 0 radical (unpaired) electrons. The van der Waals surface area contributed by atoms with Crippen LogP contribution in [0.1, 0.15) is 36.5 Å². The molecule has 2 aromatic rings. The summed E-state index contributed by atoms with van der Waals surface area (Å²) in [6.45, 7) is 16.1. The van der Waals surface area contributed by atoms with Crippen LogP contribution in [0.3, 0.4) is 0 Å². The third-order valence-electron chi connectivity index (χ3n) is 6.94. The second-order valence-electron chi connectivity index (χ2n) is 9.37. The van der Waals surface area contributed by atoms with Gasteiger partial charge in [0.05, 0.1) is 26.2 Å². The molecule has 0 saturated carbocycles. The molecule has 5 heteroatoms. The van der Waals surface area contributed by atoms with E-state index in [1.54, 1.807) is 0 Å². The normalized spacial score (nSPS) is 16.4. The van der Waals surface area contributed by atoms with E-state index in [-0.39, 0.29) is 0 Å². The lowest BCUT2D eigenvalue weighted by molar-refractivity contribution is -0.932. The van der Waals surface area contributed by atoms with Crippen LogP contribution in [0.25, 0.3) is 0 Å². The Kier molecular flexibility index (Phi) is 8.22. The van der Waals surface area contributed by atoms with Gasteiger partial charge in [0.15, 0.2) is 0 Å². The summed E-state index contributed by atoms with van der Waals surface area (Å²) >= 11 is 0. The Hall–Kier alpha value is -2.24. The molecule has 2 aromatic carbocycles. The molecule has 1 heterocycles. The van der Waals surface area contributed by atoms with Gasteiger partial charge in [-0.15, -0.1) is 0 Å². The van der Waals surface area contributed by atoms with Gasteiger partial charge in [-0.05, 0) is 67.6 Å². The minimum atomic E-state index is 0.859. The molecule has 1 aliphatic heterocycles. The lowest BCUT2D eigenvalue weighted by atomic mass is 10.0. The lowest BCUT2D eigenvalue weighted by Gasteiger charge is -2.45. The Morgan fingerprint density at radius 1 is 0.935 bits per heavy atom. The number of nitrogens with two attached hydrogens (primary N) is 2. The molecule has 5 N–H and O–H groups in total. The highest BCUT2D eigenvalue weighted by molar-refractivity contribution is 5.56. The number of benzene rings is 2. The number of aryl methyl sites for hydroxylation is 3. The molecule has 1 saturated heterocycles. The van der Waals surface area contributed by atoms with Crippen molar-refractivity contribution in [1.82, 2.24) is 4.90 Å². The highest BCUT2D eigenvalue weighted by atomic mass is 15.4. The first-order valence-electron chi connectivity index (χ1n) is 11.9. The summed E-state index contributed by atoms with van der Waals surface area (Å²) in [6.07, 6.45) is 3.67. The van der Waals surface area contributed by atoms with Gasteiger partial charge < -0.3 is 21.3 Å². The first-order valence-corrected chi connectivity index (χ1v) is 11.9. The molecule has 0 spiro atoms. The summed E-state index contributed by atoms with van der Waals surface area (Å²) < 4.78 is 1.28. The first kappa shape index (κ1) is 23.4. The van der Waals surface area contributed by atoms with Crippen molar-refractivity contribution in [1.29, 1.82) is 0 Å². The molecule has 3 rings (SSSR count). The van der Waals surface area contributed by atoms with E-state index in [0.29, 0.717) is 0 Å². The molecule has 0 unspecified atom stereocenters. The van der Waals surface area contributed by atoms with E-state index in [2.05, 4.69) is 61.3 Å². The van der Waals surface area contributed by atoms with E-state index in [1.807, 2.05) is 6.07 Å². The average molecular weight is 425 g/mol. The fourth-order valence-electron chi connectivity index (χ4n) is 4.84. The molecule has 0 amide bonds. The largest absolute Gasteiger partial charge is 0.399 e. The predicted molar refractivity (Wildman–Crippen MR) is 134 cm³/mol. The molecule has 170 valence electrons. The topological polar surface area (TPSA) is 67.3 Å². The van der Waals surface area contributed by atoms with E-state index in [1.165, 1.54) is 67.7 Å². The van der Waals surface area contributed by atoms with Gasteiger partial charge in [-0.2, -0.15) is 0 Å². The van der Waals surface area contributed by atoms with Crippen LogP contribution < -0.4 is 16.8 Å². The van der Waals surface area contributed by atoms with Crippen molar-refractivity contribution < 1.29 is 4.48 Å². The summed E-state index contributed by atoms with van der Waals surface area (Å²) in [6, 6.07) is 12.7. The summed E-state index contributed by atoms with van der Waals surface area (Å²) in [4.78, 5) is 2.62. The van der Waals surface area contributed by atoms with Crippen molar-refractivity contribution in [3.05, 3.63) is 53.1 Å². The van der Waals surface area contributed by atoms with Crippen molar-refractivity contribution in [2.75, 3.05) is 69.1 Å². The minimum Gasteiger partial charge on any atom is -0.399 e. The zero-order chi connectivity index (χ0) is 22.3. The second-order valence-corrected chi connectivity index (χ2v) is 9.37. The zero-order valence-electron chi connectivity index (χ0n) is 19.8. The number of nitrogen functional groups attached to an aromatic ring is 2. The Balaban J connectivity index is 1.43. The van der Waals surface area contributed by atoms with Gasteiger partial charge in [0.2, 0.25) is 0 Å². The number of nitrogens with one attached hydrogen (secondary N) is 1. The third kappa shape index (κ3) is 6.62. The van der Waals surface area contributed by atoms with Gasteiger partial charge in [-0.1, -0.05) is 19.1 Å². The maximum atomic E-state index is 5.97. The molecule has 0 aromatic heterocycles. The van der Waals surface area contributed by atoms with Gasteiger partial charge in [0.25, 0.3) is 0 Å². The second kappa shape index (κ2) is 10.9.